The van der Waals surface area contributed by atoms with Gasteiger partial charge in [0.15, 0.2) is 0 Å². The van der Waals surface area contributed by atoms with Gasteiger partial charge >= 0.3 is 11.9 Å². The van der Waals surface area contributed by atoms with E-state index in [4.69, 9.17) is 18.9 Å². The molecule has 1 amide bonds. The van der Waals surface area contributed by atoms with Gasteiger partial charge in [0.25, 0.3) is 5.91 Å². The average Bonchev–Trinajstić information content (AvgIpc) is 3.84. The van der Waals surface area contributed by atoms with Gasteiger partial charge in [-0.2, -0.15) is 0 Å². The van der Waals surface area contributed by atoms with Gasteiger partial charge in [-0.1, -0.05) is 42.5 Å². The van der Waals surface area contributed by atoms with E-state index >= 15 is 0 Å². The smallest absolute Gasteiger partial charge is 0.306 e. The largest absolute Gasteiger partial charge is 0.493 e. The quantitative estimate of drug-likeness (QED) is 0.106. The molecule has 0 radical (unpaired) electrons. The van der Waals surface area contributed by atoms with Crippen molar-refractivity contribution in [2.75, 3.05) is 19.8 Å². The molecule has 0 saturated heterocycles. The van der Waals surface area contributed by atoms with Gasteiger partial charge in [-0.3, -0.25) is 14.4 Å². The van der Waals surface area contributed by atoms with E-state index in [1.807, 2.05) is 60.7 Å². The van der Waals surface area contributed by atoms with Crippen molar-refractivity contribution in [3.63, 3.8) is 0 Å². The molecule has 0 bridgehead atoms. The number of ether oxygens (including phenoxy) is 4. The van der Waals surface area contributed by atoms with Crippen LogP contribution in [0.5, 0.6) is 11.5 Å². The third kappa shape index (κ3) is 7.36. The zero-order chi connectivity index (χ0) is 31.2. The number of carbonyl (C=O) groups excluding carboxylic acids is 3. The predicted octanol–water partition coefficient (Wildman–Crippen LogP) is 6.30. The Morgan fingerprint density at radius 2 is 1.61 bits per heavy atom. The van der Waals surface area contributed by atoms with Crippen molar-refractivity contribution in [3.05, 3.63) is 92.6 Å². The number of halogens is 1. The molecule has 44 heavy (non-hydrogen) atoms. The summed E-state index contributed by atoms with van der Waals surface area (Å²) < 4.78 is 23.9. The van der Waals surface area contributed by atoms with E-state index < -0.39 is 0 Å². The third-order valence-corrected chi connectivity index (χ3v) is 8.78. The normalized spacial score (nSPS) is 19.3. The number of amides is 1. The molecule has 0 aromatic heterocycles. The van der Waals surface area contributed by atoms with E-state index in [2.05, 4.69) is 34.0 Å². The van der Waals surface area contributed by atoms with Crippen LogP contribution < -0.4 is 14.8 Å². The first-order valence-corrected chi connectivity index (χ1v) is 16.2. The summed E-state index contributed by atoms with van der Waals surface area (Å²) in [4.78, 5) is 37.0. The first kappa shape index (κ1) is 31.8. The van der Waals surface area contributed by atoms with Gasteiger partial charge in [0.05, 0.1) is 19.8 Å². The highest BCUT2D eigenvalue weighted by atomic mass is 127. The highest BCUT2D eigenvalue weighted by Crippen LogP contribution is 2.81. The molecule has 1 N–H and O–H groups in total. The SMILES string of the molecule is CCOC(=O)CCCOc1cccc(C23CC2(Oc2cc(I)cc(C(=O)NCc4ccccc4)c2)C3)c1CCC(=O)OCC. The van der Waals surface area contributed by atoms with Crippen LogP contribution >= 0.6 is 22.6 Å². The topological polar surface area (TPSA) is 100 Å². The lowest BCUT2D eigenvalue weighted by Gasteiger charge is -2.17. The summed E-state index contributed by atoms with van der Waals surface area (Å²) in [7, 11) is 0. The third-order valence-electron chi connectivity index (χ3n) is 8.16. The molecule has 232 valence electrons. The number of carbonyl (C=O) groups is 3. The molecular weight excluding hydrogens is 673 g/mol. The molecule has 2 aliphatic rings. The van der Waals surface area contributed by atoms with Crippen molar-refractivity contribution >= 4 is 40.4 Å². The number of hydrogen-bond acceptors (Lipinski definition) is 7. The lowest BCUT2D eigenvalue weighted by molar-refractivity contribution is -0.144. The Morgan fingerprint density at radius 1 is 0.886 bits per heavy atom. The van der Waals surface area contributed by atoms with Crippen LogP contribution in [0.15, 0.2) is 66.7 Å². The van der Waals surface area contributed by atoms with Gasteiger partial charge in [-0.15, -0.1) is 0 Å². The second kappa shape index (κ2) is 14.0. The van der Waals surface area contributed by atoms with E-state index in [0.717, 1.165) is 33.1 Å². The first-order chi connectivity index (χ1) is 21.3. The maximum atomic E-state index is 13.0. The maximum absolute atomic E-state index is 13.0. The second-order valence-electron chi connectivity index (χ2n) is 11.2. The Balaban J connectivity index is 1.29. The summed E-state index contributed by atoms with van der Waals surface area (Å²) in [6.45, 7) is 5.09. The zero-order valence-corrected chi connectivity index (χ0v) is 27.3. The molecule has 0 unspecified atom stereocenters. The van der Waals surface area contributed by atoms with Crippen molar-refractivity contribution in [1.82, 2.24) is 5.32 Å². The summed E-state index contributed by atoms with van der Waals surface area (Å²) in [5.74, 6) is 0.738. The molecule has 2 fully saturated rings. The van der Waals surface area contributed by atoms with Gasteiger partial charge in [0, 0.05) is 46.8 Å². The number of hydrogen-bond donors (Lipinski definition) is 1. The van der Waals surface area contributed by atoms with E-state index in [0.29, 0.717) is 56.3 Å². The van der Waals surface area contributed by atoms with E-state index in [9.17, 15) is 14.4 Å². The number of nitrogens with one attached hydrogen (secondary N) is 1. The number of fused-ring (bicyclic) bond motifs is 1. The fraction of sp³-hybridized carbons (Fsp3) is 0.400. The molecule has 0 atom stereocenters. The monoisotopic (exact) mass is 711 g/mol. The fourth-order valence-corrected chi connectivity index (χ4v) is 6.44. The summed E-state index contributed by atoms with van der Waals surface area (Å²) in [5.41, 5.74) is 3.17. The Bertz CT molecular complexity index is 1500. The van der Waals surface area contributed by atoms with Crippen LogP contribution in [0, 0.1) is 3.57 Å². The molecule has 2 aliphatic carbocycles. The molecule has 5 rings (SSSR count). The Morgan fingerprint density at radius 3 is 2.34 bits per heavy atom. The van der Waals surface area contributed by atoms with Crippen molar-refractivity contribution < 1.29 is 33.3 Å². The van der Waals surface area contributed by atoms with Crippen LogP contribution in [0.25, 0.3) is 0 Å². The Hall–Kier alpha value is -3.60. The lowest BCUT2D eigenvalue weighted by atomic mass is 9.93. The molecule has 2 saturated carbocycles. The van der Waals surface area contributed by atoms with Crippen LogP contribution in [0.4, 0.5) is 0 Å². The van der Waals surface area contributed by atoms with E-state index in [1.165, 1.54) is 0 Å². The molecule has 0 heterocycles. The minimum atomic E-state index is -0.351. The van der Waals surface area contributed by atoms with Crippen LogP contribution in [-0.4, -0.2) is 43.3 Å². The molecule has 0 spiro atoms. The van der Waals surface area contributed by atoms with Gasteiger partial charge < -0.3 is 24.3 Å². The lowest BCUT2D eigenvalue weighted by Crippen LogP contribution is -2.23. The highest BCUT2D eigenvalue weighted by Gasteiger charge is 2.87. The molecular formula is C35H38INO7. The highest BCUT2D eigenvalue weighted by molar-refractivity contribution is 14.1. The standard InChI is InChI=1S/C35H38INO7/c1-3-41-31(38)14-9-17-43-30-13-8-12-29(28(30)15-16-32(39)42-4-2)34-22-35(34,23-34)44-27-19-25(18-26(36)20-27)33(40)37-21-24-10-6-5-7-11-24/h5-8,10-13,18-20H,3-4,9,14-17,21-23H2,1-2H3,(H,37,40). The average molecular weight is 712 g/mol. The van der Waals surface area contributed by atoms with E-state index in [-0.39, 0.29) is 41.7 Å². The molecule has 8 nitrogen and oxygen atoms in total. The van der Waals surface area contributed by atoms with Gasteiger partial charge in [-0.05, 0) is 90.2 Å². The maximum Gasteiger partial charge on any atom is 0.306 e. The van der Waals surface area contributed by atoms with E-state index in [1.54, 1.807) is 13.8 Å². The van der Waals surface area contributed by atoms with Crippen LogP contribution in [0.1, 0.15) is 73.0 Å². The van der Waals surface area contributed by atoms with Crippen molar-refractivity contribution in [3.8, 4) is 11.5 Å². The van der Waals surface area contributed by atoms with Crippen LogP contribution in [-0.2, 0) is 37.4 Å². The first-order valence-electron chi connectivity index (χ1n) is 15.2. The number of benzene rings is 3. The van der Waals surface area contributed by atoms with Gasteiger partial charge in [0.1, 0.15) is 17.1 Å². The minimum absolute atomic E-state index is 0.151. The molecule has 3 aromatic carbocycles. The number of esters is 2. The van der Waals surface area contributed by atoms with Crippen LogP contribution in [0.3, 0.4) is 0 Å². The van der Waals surface area contributed by atoms with Gasteiger partial charge in [-0.25, -0.2) is 0 Å². The van der Waals surface area contributed by atoms with Crippen molar-refractivity contribution in [1.29, 1.82) is 0 Å². The number of rotatable bonds is 16. The summed E-state index contributed by atoms with van der Waals surface area (Å²) in [6, 6.07) is 21.4. The Kier molecular flexibility index (Phi) is 10.1. The van der Waals surface area contributed by atoms with Crippen molar-refractivity contribution in [2.45, 2.75) is 69.9 Å². The zero-order valence-electron chi connectivity index (χ0n) is 25.2. The minimum Gasteiger partial charge on any atom is -0.493 e. The summed E-state index contributed by atoms with van der Waals surface area (Å²) in [6.07, 6.45) is 3.24. The van der Waals surface area contributed by atoms with Crippen LogP contribution in [0.2, 0.25) is 0 Å². The fourth-order valence-electron chi connectivity index (χ4n) is 5.80. The summed E-state index contributed by atoms with van der Waals surface area (Å²) in [5, 5.41) is 3.00. The Labute approximate surface area is 271 Å². The molecule has 0 aliphatic heterocycles. The molecule has 3 aromatic rings. The second-order valence-corrected chi connectivity index (χ2v) is 12.5. The predicted molar refractivity (Wildman–Crippen MR) is 174 cm³/mol. The molecule has 9 heteroatoms. The van der Waals surface area contributed by atoms with Gasteiger partial charge in [0.2, 0.25) is 0 Å². The summed E-state index contributed by atoms with van der Waals surface area (Å²) >= 11 is 2.21. The van der Waals surface area contributed by atoms with Crippen molar-refractivity contribution in [2.24, 2.45) is 0 Å².